The molecule has 96 valence electrons. The lowest BCUT2D eigenvalue weighted by Gasteiger charge is -2.25. The fourth-order valence-corrected chi connectivity index (χ4v) is 2.16. The molecular formula is C14H17NO3. The number of likely N-dealkylation sites (tertiary alicyclic amines) is 1. The Morgan fingerprint density at radius 2 is 1.89 bits per heavy atom. The van der Waals surface area contributed by atoms with Crippen LogP contribution in [0.4, 0.5) is 0 Å². The number of amides is 1. The monoisotopic (exact) mass is 247 g/mol. The van der Waals surface area contributed by atoms with E-state index in [4.69, 9.17) is 0 Å². The fraction of sp³-hybridized carbons (Fsp3) is 0.429. The van der Waals surface area contributed by atoms with Gasteiger partial charge in [-0.3, -0.25) is 9.59 Å². The molecule has 0 aliphatic carbocycles. The Morgan fingerprint density at radius 1 is 1.17 bits per heavy atom. The molecule has 1 aromatic carbocycles. The van der Waals surface area contributed by atoms with Gasteiger partial charge in [-0.2, -0.15) is 0 Å². The largest absolute Gasteiger partial charge is 0.367 e. The highest BCUT2D eigenvalue weighted by molar-refractivity contribution is 6.00. The normalized spacial score (nSPS) is 18.3. The van der Waals surface area contributed by atoms with E-state index in [0.717, 1.165) is 19.3 Å². The van der Waals surface area contributed by atoms with Crippen LogP contribution in [0.25, 0.3) is 0 Å². The maximum Gasteiger partial charge on any atom is 0.224 e. The number of aliphatic hydroxyl groups is 1. The molecule has 2 rings (SSSR count). The van der Waals surface area contributed by atoms with E-state index in [0.29, 0.717) is 18.5 Å². The van der Waals surface area contributed by atoms with Gasteiger partial charge < -0.3 is 10.0 Å². The summed E-state index contributed by atoms with van der Waals surface area (Å²) in [5, 5.41) is 10.0. The van der Waals surface area contributed by atoms with Crippen molar-refractivity contribution in [2.45, 2.75) is 31.9 Å². The van der Waals surface area contributed by atoms with Crippen LogP contribution < -0.4 is 0 Å². The molecule has 1 fully saturated rings. The zero-order valence-corrected chi connectivity index (χ0v) is 10.2. The van der Waals surface area contributed by atoms with Gasteiger partial charge in [-0.25, -0.2) is 0 Å². The van der Waals surface area contributed by atoms with E-state index in [2.05, 4.69) is 0 Å². The van der Waals surface area contributed by atoms with Crippen LogP contribution in [0.15, 0.2) is 30.3 Å². The van der Waals surface area contributed by atoms with E-state index in [1.807, 2.05) is 0 Å². The molecule has 1 atom stereocenters. The number of rotatable bonds is 3. The first kappa shape index (κ1) is 12.8. The fourth-order valence-electron chi connectivity index (χ4n) is 2.16. The number of carbonyl (C=O) groups is 2. The Labute approximate surface area is 106 Å². The lowest BCUT2D eigenvalue weighted by Crippen LogP contribution is -2.44. The van der Waals surface area contributed by atoms with Crippen molar-refractivity contribution in [3.8, 4) is 0 Å². The molecule has 1 aliphatic rings. The summed E-state index contributed by atoms with van der Waals surface area (Å²) in [5.41, 5.74) is 0.432. The van der Waals surface area contributed by atoms with Crippen LogP contribution in [-0.2, 0) is 4.79 Å². The van der Waals surface area contributed by atoms with Crippen molar-refractivity contribution < 1.29 is 14.7 Å². The number of ketones is 1. The first-order chi connectivity index (χ1) is 8.70. The van der Waals surface area contributed by atoms with Crippen molar-refractivity contribution in [2.75, 3.05) is 6.54 Å². The third-order valence-corrected chi connectivity index (χ3v) is 3.20. The molecule has 1 amide bonds. The zero-order valence-electron chi connectivity index (χ0n) is 10.2. The van der Waals surface area contributed by atoms with E-state index in [1.165, 1.54) is 4.90 Å². The second-order valence-corrected chi connectivity index (χ2v) is 4.50. The van der Waals surface area contributed by atoms with Crippen LogP contribution in [0.2, 0.25) is 0 Å². The van der Waals surface area contributed by atoms with Gasteiger partial charge in [0.2, 0.25) is 11.7 Å². The van der Waals surface area contributed by atoms with Crippen molar-refractivity contribution in [2.24, 2.45) is 0 Å². The van der Waals surface area contributed by atoms with E-state index >= 15 is 0 Å². The Kier molecular flexibility index (Phi) is 4.10. The van der Waals surface area contributed by atoms with E-state index in [-0.39, 0.29) is 5.91 Å². The first-order valence-corrected chi connectivity index (χ1v) is 6.27. The minimum absolute atomic E-state index is 0.135. The van der Waals surface area contributed by atoms with Gasteiger partial charge in [0.15, 0.2) is 6.23 Å². The molecule has 1 unspecified atom stereocenters. The molecule has 0 bridgehead atoms. The number of hydrogen-bond acceptors (Lipinski definition) is 3. The van der Waals surface area contributed by atoms with Crippen LogP contribution in [0.3, 0.4) is 0 Å². The lowest BCUT2D eigenvalue weighted by atomic mass is 10.1. The molecule has 0 spiro atoms. The van der Waals surface area contributed by atoms with Crippen molar-refractivity contribution in [3.05, 3.63) is 35.9 Å². The predicted molar refractivity (Wildman–Crippen MR) is 67.0 cm³/mol. The number of nitrogens with zero attached hydrogens (tertiary/aromatic N) is 1. The topological polar surface area (TPSA) is 57.6 Å². The maximum absolute atomic E-state index is 12.1. The highest BCUT2D eigenvalue weighted by Gasteiger charge is 2.28. The Hall–Kier alpha value is -1.68. The number of carbonyl (C=O) groups excluding carboxylic acids is 2. The van der Waals surface area contributed by atoms with Crippen LogP contribution in [0, 0.1) is 0 Å². The number of Topliss-reactive ketones (excluding diaryl/α,β-unsaturated/α-hetero) is 1. The summed E-state index contributed by atoms with van der Waals surface area (Å²) in [4.78, 5) is 25.2. The Balaban J connectivity index is 2.12. The van der Waals surface area contributed by atoms with Gasteiger partial charge in [-0.15, -0.1) is 0 Å². The Morgan fingerprint density at radius 3 is 2.61 bits per heavy atom. The summed E-state index contributed by atoms with van der Waals surface area (Å²) in [7, 11) is 0. The summed E-state index contributed by atoms with van der Waals surface area (Å²) in [6, 6.07) is 8.58. The van der Waals surface area contributed by atoms with Gasteiger partial charge in [0, 0.05) is 18.5 Å². The third-order valence-electron chi connectivity index (χ3n) is 3.20. The standard InChI is InChI=1S/C14H17NO3/c16-12-9-5-2-6-10-15(12)14(18)13(17)11-7-3-1-4-8-11/h1,3-4,7-8,14,18H,2,5-6,9-10H2. The molecule has 0 saturated carbocycles. The minimum atomic E-state index is -1.35. The summed E-state index contributed by atoms with van der Waals surface area (Å²) < 4.78 is 0. The summed E-state index contributed by atoms with van der Waals surface area (Å²) in [6.07, 6.45) is 1.71. The molecule has 1 aliphatic heterocycles. The number of hydrogen-bond donors (Lipinski definition) is 1. The molecular weight excluding hydrogens is 230 g/mol. The zero-order chi connectivity index (χ0) is 13.0. The van der Waals surface area contributed by atoms with Crippen LogP contribution >= 0.6 is 0 Å². The number of aliphatic hydroxyl groups excluding tert-OH is 1. The SMILES string of the molecule is O=C(c1ccccc1)C(O)N1CCCCCC1=O. The second kappa shape index (κ2) is 5.78. The minimum Gasteiger partial charge on any atom is -0.367 e. The average molecular weight is 247 g/mol. The van der Waals surface area contributed by atoms with Gasteiger partial charge in [-0.05, 0) is 12.8 Å². The van der Waals surface area contributed by atoms with E-state index < -0.39 is 12.0 Å². The molecule has 4 heteroatoms. The smallest absolute Gasteiger partial charge is 0.224 e. The van der Waals surface area contributed by atoms with E-state index in [9.17, 15) is 14.7 Å². The van der Waals surface area contributed by atoms with E-state index in [1.54, 1.807) is 30.3 Å². The predicted octanol–water partition coefficient (Wildman–Crippen LogP) is 1.59. The molecule has 0 radical (unpaired) electrons. The molecule has 1 N–H and O–H groups in total. The summed E-state index contributed by atoms with van der Waals surface area (Å²) in [6.45, 7) is 0.457. The van der Waals surface area contributed by atoms with Crippen molar-refractivity contribution >= 4 is 11.7 Å². The summed E-state index contributed by atoms with van der Waals surface area (Å²) in [5.74, 6) is -0.546. The maximum atomic E-state index is 12.1. The van der Waals surface area contributed by atoms with Gasteiger partial charge in [-0.1, -0.05) is 36.8 Å². The third kappa shape index (κ3) is 2.76. The van der Waals surface area contributed by atoms with Gasteiger partial charge in [0.25, 0.3) is 0 Å². The highest BCUT2D eigenvalue weighted by Crippen LogP contribution is 2.15. The number of benzene rings is 1. The molecule has 1 saturated heterocycles. The van der Waals surface area contributed by atoms with Gasteiger partial charge in [0.05, 0.1) is 0 Å². The lowest BCUT2D eigenvalue weighted by molar-refractivity contribution is -0.137. The van der Waals surface area contributed by atoms with Crippen LogP contribution in [0.1, 0.15) is 36.0 Å². The quantitative estimate of drug-likeness (QED) is 0.825. The van der Waals surface area contributed by atoms with Crippen LogP contribution in [0.5, 0.6) is 0 Å². The molecule has 18 heavy (non-hydrogen) atoms. The Bertz CT molecular complexity index is 430. The molecule has 0 aromatic heterocycles. The molecule has 1 heterocycles. The molecule has 1 aromatic rings. The van der Waals surface area contributed by atoms with Crippen molar-refractivity contribution in [1.82, 2.24) is 4.90 Å². The summed E-state index contributed by atoms with van der Waals surface area (Å²) >= 11 is 0. The second-order valence-electron chi connectivity index (χ2n) is 4.50. The first-order valence-electron chi connectivity index (χ1n) is 6.27. The van der Waals surface area contributed by atoms with Gasteiger partial charge >= 0.3 is 0 Å². The average Bonchev–Trinajstić information content (AvgIpc) is 2.63. The van der Waals surface area contributed by atoms with Crippen LogP contribution in [-0.4, -0.2) is 34.5 Å². The van der Waals surface area contributed by atoms with Crippen molar-refractivity contribution in [3.63, 3.8) is 0 Å². The highest BCUT2D eigenvalue weighted by atomic mass is 16.3. The van der Waals surface area contributed by atoms with Gasteiger partial charge in [0.1, 0.15) is 0 Å². The molecule has 4 nitrogen and oxygen atoms in total. The van der Waals surface area contributed by atoms with Crippen molar-refractivity contribution in [1.29, 1.82) is 0 Å².